The molecule has 1 aromatic carbocycles. The first kappa shape index (κ1) is 12.4. The second kappa shape index (κ2) is 5.05. The molecule has 1 aromatic heterocycles. The fourth-order valence-corrected chi connectivity index (χ4v) is 1.68. The Hall–Kier alpha value is -2.08. The quantitative estimate of drug-likeness (QED) is 0.485. The molecule has 0 radical (unpaired) electrons. The van der Waals surface area contributed by atoms with Crippen molar-refractivity contribution in [3.05, 3.63) is 46.3 Å². The molecular formula is C11H10ClN3O3. The minimum absolute atomic E-state index is 0.0708. The number of nitro benzene ring substituents is 1. The van der Waals surface area contributed by atoms with Gasteiger partial charge in [-0.1, -0.05) is 0 Å². The van der Waals surface area contributed by atoms with E-state index in [9.17, 15) is 10.1 Å². The molecule has 0 saturated heterocycles. The van der Waals surface area contributed by atoms with Gasteiger partial charge in [-0.2, -0.15) is 5.10 Å². The van der Waals surface area contributed by atoms with Crippen molar-refractivity contribution in [3.63, 3.8) is 0 Å². The molecule has 7 heteroatoms. The fraction of sp³-hybridized carbons (Fsp3) is 0.182. The lowest BCUT2D eigenvalue weighted by Gasteiger charge is -2.05. The van der Waals surface area contributed by atoms with Gasteiger partial charge in [0.1, 0.15) is 11.4 Å². The minimum Gasteiger partial charge on any atom is -0.496 e. The van der Waals surface area contributed by atoms with E-state index in [4.69, 9.17) is 16.3 Å². The van der Waals surface area contributed by atoms with E-state index in [1.54, 1.807) is 24.4 Å². The van der Waals surface area contributed by atoms with Crippen molar-refractivity contribution < 1.29 is 9.66 Å². The van der Waals surface area contributed by atoms with E-state index in [2.05, 4.69) is 5.10 Å². The third kappa shape index (κ3) is 2.28. The Kier molecular flexibility index (Phi) is 3.47. The maximum atomic E-state index is 11.0. The average Bonchev–Trinajstić information content (AvgIpc) is 2.86. The number of benzene rings is 1. The second-order valence-electron chi connectivity index (χ2n) is 3.50. The fourth-order valence-electron chi connectivity index (χ4n) is 1.54. The van der Waals surface area contributed by atoms with E-state index in [0.29, 0.717) is 17.1 Å². The topological polar surface area (TPSA) is 70.2 Å². The zero-order chi connectivity index (χ0) is 13.1. The molecule has 1 heterocycles. The third-order valence-corrected chi connectivity index (χ3v) is 2.68. The van der Waals surface area contributed by atoms with Gasteiger partial charge in [0, 0.05) is 6.20 Å². The summed E-state index contributed by atoms with van der Waals surface area (Å²) in [7, 11) is 1.46. The van der Waals surface area contributed by atoms with Crippen molar-refractivity contribution in [3.8, 4) is 11.4 Å². The summed E-state index contributed by atoms with van der Waals surface area (Å²) >= 11 is 5.65. The molecule has 0 fully saturated rings. The highest BCUT2D eigenvalue weighted by atomic mass is 35.5. The maximum absolute atomic E-state index is 11.0. The molecule has 94 valence electrons. The third-order valence-electron chi connectivity index (χ3n) is 2.41. The number of ether oxygens (including phenoxy) is 1. The van der Waals surface area contributed by atoms with E-state index >= 15 is 0 Å². The normalized spacial score (nSPS) is 10.3. The number of nitrogens with zero attached hydrogens (tertiary/aromatic N) is 3. The zero-order valence-corrected chi connectivity index (χ0v) is 10.3. The highest BCUT2D eigenvalue weighted by Crippen LogP contribution is 2.27. The van der Waals surface area contributed by atoms with Gasteiger partial charge >= 0.3 is 0 Å². The molecule has 6 nitrogen and oxygen atoms in total. The first-order valence-corrected chi connectivity index (χ1v) is 5.62. The number of aromatic nitrogens is 2. The predicted octanol–water partition coefficient (Wildman–Crippen LogP) is 2.53. The van der Waals surface area contributed by atoms with Gasteiger partial charge in [0.15, 0.2) is 0 Å². The number of rotatable bonds is 4. The molecule has 0 N–H and O–H groups in total. The van der Waals surface area contributed by atoms with Gasteiger partial charge in [-0.15, -0.1) is 11.6 Å². The van der Waals surface area contributed by atoms with Crippen molar-refractivity contribution in [2.24, 2.45) is 0 Å². The lowest BCUT2D eigenvalue weighted by Crippen LogP contribution is -2.01. The zero-order valence-electron chi connectivity index (χ0n) is 9.54. The smallest absolute Gasteiger partial charge is 0.298 e. The average molecular weight is 268 g/mol. The molecule has 0 saturated carbocycles. The van der Waals surface area contributed by atoms with Crippen molar-refractivity contribution in [2.45, 2.75) is 5.88 Å². The first-order chi connectivity index (χ1) is 8.65. The van der Waals surface area contributed by atoms with Gasteiger partial charge in [0.2, 0.25) is 0 Å². The van der Waals surface area contributed by atoms with Gasteiger partial charge in [-0.05, 0) is 18.2 Å². The monoisotopic (exact) mass is 267 g/mol. The highest BCUT2D eigenvalue weighted by Gasteiger charge is 2.17. The van der Waals surface area contributed by atoms with Gasteiger partial charge < -0.3 is 4.74 Å². The van der Waals surface area contributed by atoms with E-state index in [0.717, 1.165) is 0 Å². The first-order valence-electron chi connectivity index (χ1n) is 5.09. The van der Waals surface area contributed by atoms with E-state index < -0.39 is 4.92 Å². The molecule has 0 spiro atoms. The molecule has 2 rings (SSSR count). The van der Waals surface area contributed by atoms with Gasteiger partial charge in [-0.3, -0.25) is 10.1 Å². The molecule has 0 atom stereocenters. The molecule has 0 amide bonds. The summed E-state index contributed by atoms with van der Waals surface area (Å²) < 4.78 is 6.39. The Bertz CT molecular complexity index is 583. The van der Waals surface area contributed by atoms with Crippen molar-refractivity contribution in [1.82, 2.24) is 9.78 Å². The van der Waals surface area contributed by atoms with Crippen LogP contribution in [-0.4, -0.2) is 21.8 Å². The van der Waals surface area contributed by atoms with Crippen LogP contribution in [0, 0.1) is 10.1 Å². The summed E-state index contributed by atoms with van der Waals surface area (Å²) in [6.07, 6.45) is 1.63. The van der Waals surface area contributed by atoms with Gasteiger partial charge in [-0.25, -0.2) is 4.68 Å². The number of methoxy groups -OCH3 is 1. The van der Waals surface area contributed by atoms with Crippen LogP contribution in [0.25, 0.3) is 5.69 Å². The van der Waals surface area contributed by atoms with Crippen molar-refractivity contribution in [2.75, 3.05) is 7.11 Å². The lowest BCUT2D eigenvalue weighted by molar-refractivity contribution is -0.384. The minimum atomic E-state index is -0.472. The van der Waals surface area contributed by atoms with Crippen molar-refractivity contribution in [1.29, 1.82) is 0 Å². The standard InChI is InChI=1S/C11H10ClN3O3/c1-18-9-2-3-10(11(6-9)15(16)17)14-5-4-8(7-12)13-14/h2-6H,7H2,1H3. The summed E-state index contributed by atoms with van der Waals surface area (Å²) in [4.78, 5) is 10.6. The Morgan fingerprint density at radius 2 is 2.28 bits per heavy atom. The van der Waals surface area contributed by atoms with Gasteiger partial charge in [0.05, 0.1) is 29.7 Å². The van der Waals surface area contributed by atoms with Crippen LogP contribution in [0.2, 0.25) is 0 Å². The number of hydrogen-bond donors (Lipinski definition) is 0. The van der Waals surface area contributed by atoms with Crippen LogP contribution in [0.3, 0.4) is 0 Å². The molecule has 0 bridgehead atoms. The number of nitro groups is 1. The summed E-state index contributed by atoms with van der Waals surface area (Å²) in [5.41, 5.74) is 0.956. The van der Waals surface area contributed by atoms with E-state index in [1.807, 2.05) is 0 Å². The summed E-state index contributed by atoms with van der Waals surface area (Å²) in [5.74, 6) is 0.687. The molecular weight excluding hydrogens is 258 g/mol. The molecule has 0 aliphatic heterocycles. The molecule has 0 unspecified atom stereocenters. The summed E-state index contributed by atoms with van der Waals surface area (Å²) in [6.45, 7) is 0. The van der Waals surface area contributed by atoms with Crippen LogP contribution in [0.4, 0.5) is 5.69 Å². The van der Waals surface area contributed by atoms with Crippen molar-refractivity contribution >= 4 is 17.3 Å². The van der Waals surface area contributed by atoms with Crippen LogP contribution in [0.1, 0.15) is 5.69 Å². The number of hydrogen-bond acceptors (Lipinski definition) is 4. The maximum Gasteiger partial charge on any atom is 0.298 e. The van der Waals surface area contributed by atoms with Crippen LogP contribution >= 0.6 is 11.6 Å². The predicted molar refractivity (Wildman–Crippen MR) is 66.3 cm³/mol. The largest absolute Gasteiger partial charge is 0.496 e. The van der Waals surface area contributed by atoms with E-state index in [1.165, 1.54) is 17.9 Å². The summed E-state index contributed by atoms with van der Waals surface area (Å²) in [6, 6.07) is 6.30. The number of alkyl halides is 1. The Morgan fingerprint density at radius 3 is 2.83 bits per heavy atom. The Morgan fingerprint density at radius 1 is 1.50 bits per heavy atom. The Balaban J connectivity index is 2.52. The number of halogens is 1. The lowest BCUT2D eigenvalue weighted by atomic mass is 10.2. The summed E-state index contributed by atoms with van der Waals surface area (Å²) in [5, 5.41) is 15.2. The van der Waals surface area contributed by atoms with Crippen LogP contribution < -0.4 is 4.74 Å². The molecule has 18 heavy (non-hydrogen) atoms. The molecule has 0 aliphatic rings. The second-order valence-corrected chi connectivity index (χ2v) is 3.76. The van der Waals surface area contributed by atoms with Crippen LogP contribution in [0.15, 0.2) is 30.5 Å². The molecule has 0 aliphatic carbocycles. The van der Waals surface area contributed by atoms with Crippen LogP contribution in [0.5, 0.6) is 5.75 Å². The van der Waals surface area contributed by atoms with Crippen LogP contribution in [-0.2, 0) is 5.88 Å². The van der Waals surface area contributed by atoms with Gasteiger partial charge in [0.25, 0.3) is 5.69 Å². The SMILES string of the molecule is COc1ccc(-n2ccc(CCl)n2)c([N+](=O)[O-])c1. The highest BCUT2D eigenvalue weighted by molar-refractivity contribution is 6.16. The Labute approximate surface area is 108 Å². The molecule has 2 aromatic rings. The van der Waals surface area contributed by atoms with E-state index in [-0.39, 0.29) is 11.6 Å².